The first-order valence-electron chi connectivity index (χ1n) is 7.39. The van der Waals surface area contributed by atoms with E-state index in [1.165, 1.54) is 5.56 Å². The summed E-state index contributed by atoms with van der Waals surface area (Å²) in [7, 11) is 0. The van der Waals surface area contributed by atoms with E-state index >= 15 is 0 Å². The van der Waals surface area contributed by atoms with Crippen molar-refractivity contribution >= 4 is 5.69 Å². The van der Waals surface area contributed by atoms with E-state index in [0.717, 1.165) is 38.2 Å². The van der Waals surface area contributed by atoms with Crippen LogP contribution in [0.15, 0.2) is 18.2 Å². The van der Waals surface area contributed by atoms with Crippen LogP contribution >= 0.6 is 0 Å². The van der Waals surface area contributed by atoms with Gasteiger partial charge in [0.1, 0.15) is 5.82 Å². The number of anilines is 1. The number of benzene rings is 1. The Morgan fingerprint density at radius 2 is 2.16 bits per heavy atom. The highest BCUT2D eigenvalue weighted by atomic mass is 19.1. The third kappa shape index (κ3) is 3.27. The molecule has 2 rings (SSSR count). The lowest BCUT2D eigenvalue weighted by Gasteiger charge is -2.33. The lowest BCUT2D eigenvalue weighted by atomic mass is 10.0. The molecular formula is C16H25FN2. The highest BCUT2D eigenvalue weighted by Crippen LogP contribution is 2.32. The van der Waals surface area contributed by atoms with Crippen LogP contribution in [0.1, 0.15) is 32.8 Å². The molecule has 0 saturated heterocycles. The SMILES string of the molecule is CCCNCC(C(C)C)N1CCc2ccc(F)cc21. The molecular weight excluding hydrogens is 239 g/mol. The number of nitrogens with zero attached hydrogens (tertiary/aromatic N) is 1. The summed E-state index contributed by atoms with van der Waals surface area (Å²) in [6.07, 6.45) is 2.18. The van der Waals surface area contributed by atoms with E-state index in [1.54, 1.807) is 12.1 Å². The minimum Gasteiger partial charge on any atom is -0.366 e. The minimum absolute atomic E-state index is 0.130. The second kappa shape index (κ2) is 6.38. The van der Waals surface area contributed by atoms with Gasteiger partial charge in [-0.3, -0.25) is 0 Å². The third-order valence-corrected chi connectivity index (χ3v) is 3.93. The molecule has 1 aliphatic rings. The predicted molar refractivity (Wildman–Crippen MR) is 79.2 cm³/mol. The monoisotopic (exact) mass is 264 g/mol. The van der Waals surface area contributed by atoms with Gasteiger partial charge in [-0.2, -0.15) is 0 Å². The van der Waals surface area contributed by atoms with Crippen LogP contribution in [-0.2, 0) is 6.42 Å². The highest BCUT2D eigenvalue weighted by molar-refractivity contribution is 5.59. The van der Waals surface area contributed by atoms with Gasteiger partial charge in [0, 0.05) is 24.8 Å². The summed E-state index contributed by atoms with van der Waals surface area (Å²) in [4.78, 5) is 2.38. The standard InChI is InChI=1S/C16H25FN2/c1-4-8-18-11-16(12(2)3)19-9-7-13-5-6-14(17)10-15(13)19/h5-6,10,12,16,18H,4,7-9,11H2,1-3H3. The molecule has 0 spiro atoms. The average molecular weight is 264 g/mol. The van der Waals surface area contributed by atoms with Gasteiger partial charge in [0.25, 0.3) is 0 Å². The van der Waals surface area contributed by atoms with Gasteiger partial charge in [-0.25, -0.2) is 4.39 Å². The zero-order valence-corrected chi connectivity index (χ0v) is 12.2. The lowest BCUT2D eigenvalue weighted by molar-refractivity contribution is 0.432. The summed E-state index contributed by atoms with van der Waals surface area (Å²) in [5.74, 6) is 0.424. The molecule has 0 aliphatic carbocycles. The molecule has 1 N–H and O–H groups in total. The van der Waals surface area contributed by atoms with Gasteiger partial charge >= 0.3 is 0 Å². The Morgan fingerprint density at radius 1 is 1.37 bits per heavy atom. The molecule has 0 saturated carbocycles. The van der Waals surface area contributed by atoms with Crippen molar-refractivity contribution < 1.29 is 4.39 Å². The topological polar surface area (TPSA) is 15.3 Å². The molecule has 106 valence electrons. The van der Waals surface area contributed by atoms with E-state index in [9.17, 15) is 4.39 Å². The first kappa shape index (κ1) is 14.3. The third-order valence-electron chi connectivity index (χ3n) is 3.93. The van der Waals surface area contributed by atoms with Gasteiger partial charge < -0.3 is 10.2 Å². The van der Waals surface area contributed by atoms with Crippen molar-refractivity contribution in [2.75, 3.05) is 24.5 Å². The van der Waals surface area contributed by atoms with Crippen molar-refractivity contribution in [1.82, 2.24) is 5.32 Å². The van der Waals surface area contributed by atoms with E-state index < -0.39 is 0 Å². The zero-order valence-electron chi connectivity index (χ0n) is 12.2. The Kier molecular flexibility index (Phi) is 4.81. The molecule has 0 aromatic heterocycles. The molecule has 1 aliphatic heterocycles. The van der Waals surface area contributed by atoms with Crippen molar-refractivity contribution in [3.8, 4) is 0 Å². The molecule has 19 heavy (non-hydrogen) atoms. The van der Waals surface area contributed by atoms with Gasteiger partial charge in [-0.05, 0) is 43.0 Å². The summed E-state index contributed by atoms with van der Waals surface area (Å²) >= 11 is 0. The number of rotatable bonds is 6. The first-order valence-corrected chi connectivity index (χ1v) is 7.39. The zero-order chi connectivity index (χ0) is 13.8. The van der Waals surface area contributed by atoms with Gasteiger partial charge in [-0.1, -0.05) is 26.8 Å². The number of fused-ring (bicyclic) bond motifs is 1. The maximum Gasteiger partial charge on any atom is 0.125 e. The quantitative estimate of drug-likeness (QED) is 0.794. The maximum absolute atomic E-state index is 13.5. The predicted octanol–water partition coefficient (Wildman–Crippen LogP) is 3.21. The molecule has 1 aromatic rings. The van der Waals surface area contributed by atoms with Crippen molar-refractivity contribution in [1.29, 1.82) is 0 Å². The van der Waals surface area contributed by atoms with Crippen LogP contribution in [0.25, 0.3) is 0 Å². The fourth-order valence-corrected chi connectivity index (χ4v) is 2.85. The summed E-state index contributed by atoms with van der Waals surface area (Å²) in [6.45, 7) is 9.70. The van der Waals surface area contributed by atoms with Crippen LogP contribution in [0.5, 0.6) is 0 Å². The van der Waals surface area contributed by atoms with Crippen molar-refractivity contribution in [3.63, 3.8) is 0 Å². The molecule has 0 amide bonds. The molecule has 0 bridgehead atoms. The number of hydrogen-bond acceptors (Lipinski definition) is 2. The Bertz CT molecular complexity index is 417. The minimum atomic E-state index is -0.130. The molecule has 0 radical (unpaired) electrons. The normalized spacial score (nSPS) is 15.9. The molecule has 1 unspecified atom stereocenters. The Morgan fingerprint density at radius 3 is 2.84 bits per heavy atom. The number of halogens is 1. The summed E-state index contributed by atoms with van der Waals surface area (Å²) in [5.41, 5.74) is 2.37. The van der Waals surface area contributed by atoms with Crippen LogP contribution in [0, 0.1) is 11.7 Å². The van der Waals surface area contributed by atoms with Crippen LogP contribution in [0.2, 0.25) is 0 Å². The molecule has 3 heteroatoms. The fourth-order valence-electron chi connectivity index (χ4n) is 2.85. The smallest absolute Gasteiger partial charge is 0.125 e. The second-order valence-corrected chi connectivity index (χ2v) is 5.73. The fraction of sp³-hybridized carbons (Fsp3) is 0.625. The van der Waals surface area contributed by atoms with Gasteiger partial charge in [-0.15, -0.1) is 0 Å². The Hall–Kier alpha value is -1.09. The largest absolute Gasteiger partial charge is 0.366 e. The summed E-state index contributed by atoms with van der Waals surface area (Å²) in [6, 6.07) is 5.63. The van der Waals surface area contributed by atoms with Crippen LogP contribution < -0.4 is 10.2 Å². The van der Waals surface area contributed by atoms with E-state index in [0.29, 0.717) is 12.0 Å². The number of hydrogen-bond donors (Lipinski definition) is 1. The molecule has 1 heterocycles. The second-order valence-electron chi connectivity index (χ2n) is 5.73. The van der Waals surface area contributed by atoms with Crippen LogP contribution in [0.3, 0.4) is 0 Å². The van der Waals surface area contributed by atoms with E-state index in [1.807, 2.05) is 6.07 Å². The lowest BCUT2D eigenvalue weighted by Crippen LogP contribution is -2.45. The van der Waals surface area contributed by atoms with Crippen molar-refractivity contribution in [2.45, 2.75) is 39.7 Å². The van der Waals surface area contributed by atoms with E-state index in [-0.39, 0.29) is 5.82 Å². The van der Waals surface area contributed by atoms with Crippen molar-refractivity contribution in [2.24, 2.45) is 5.92 Å². The van der Waals surface area contributed by atoms with E-state index in [2.05, 4.69) is 31.0 Å². The molecule has 0 fully saturated rings. The Balaban J connectivity index is 2.14. The van der Waals surface area contributed by atoms with Gasteiger partial charge in [0.15, 0.2) is 0 Å². The van der Waals surface area contributed by atoms with E-state index in [4.69, 9.17) is 0 Å². The number of nitrogens with one attached hydrogen (secondary N) is 1. The molecule has 1 atom stereocenters. The van der Waals surface area contributed by atoms with Crippen LogP contribution in [-0.4, -0.2) is 25.7 Å². The molecule has 1 aromatic carbocycles. The summed E-state index contributed by atoms with van der Waals surface area (Å²) < 4.78 is 13.5. The first-order chi connectivity index (χ1) is 9.13. The average Bonchev–Trinajstić information content (AvgIpc) is 2.77. The summed E-state index contributed by atoms with van der Waals surface area (Å²) in [5, 5.41) is 3.50. The highest BCUT2D eigenvalue weighted by Gasteiger charge is 2.28. The van der Waals surface area contributed by atoms with Gasteiger partial charge in [0.2, 0.25) is 0 Å². The van der Waals surface area contributed by atoms with Crippen LogP contribution in [0.4, 0.5) is 10.1 Å². The van der Waals surface area contributed by atoms with Gasteiger partial charge in [0.05, 0.1) is 0 Å². The van der Waals surface area contributed by atoms with Crippen molar-refractivity contribution in [3.05, 3.63) is 29.6 Å². The maximum atomic E-state index is 13.5. The Labute approximate surface area is 116 Å². The molecule has 2 nitrogen and oxygen atoms in total.